The summed E-state index contributed by atoms with van der Waals surface area (Å²) in [5.74, 6) is -0.610. The Morgan fingerprint density at radius 1 is 1.36 bits per heavy atom. The van der Waals surface area contributed by atoms with Gasteiger partial charge in [-0.2, -0.15) is 0 Å². The fourth-order valence-electron chi connectivity index (χ4n) is 2.73. The molecule has 0 spiro atoms. The lowest BCUT2D eigenvalue weighted by Crippen LogP contribution is -2.43. The summed E-state index contributed by atoms with van der Waals surface area (Å²) in [6.07, 6.45) is 1.84. The van der Waals surface area contributed by atoms with Crippen LogP contribution in [0.3, 0.4) is 0 Å². The number of nitrogens with zero attached hydrogens (tertiary/aromatic N) is 1. The summed E-state index contributed by atoms with van der Waals surface area (Å²) in [7, 11) is 3.11. The van der Waals surface area contributed by atoms with Gasteiger partial charge in [0.1, 0.15) is 11.7 Å². The number of halogens is 1. The van der Waals surface area contributed by atoms with Crippen molar-refractivity contribution in [3.8, 4) is 0 Å². The second-order valence-corrected chi connectivity index (χ2v) is 5.93. The topological polar surface area (TPSA) is 60.3 Å². The number of ether oxygens (including phenoxy) is 1. The van der Waals surface area contributed by atoms with Gasteiger partial charge in [0.05, 0.1) is 12.1 Å². The first-order chi connectivity index (χ1) is 10.5. The maximum atomic E-state index is 12.6. The van der Waals surface area contributed by atoms with Gasteiger partial charge in [0.15, 0.2) is 0 Å². The molecule has 0 bridgehead atoms. The number of aromatic nitrogens is 1. The van der Waals surface area contributed by atoms with Crippen molar-refractivity contribution >= 4 is 34.4 Å². The molecular formula is C16H17ClN2O3. The van der Waals surface area contributed by atoms with Crippen LogP contribution in [0.4, 0.5) is 0 Å². The highest BCUT2D eigenvalue weighted by atomic mass is 35.5. The van der Waals surface area contributed by atoms with Gasteiger partial charge < -0.3 is 14.6 Å². The molecule has 3 rings (SSSR count). The number of esters is 1. The highest BCUT2D eigenvalue weighted by molar-refractivity contribution is 6.38. The fraction of sp³-hybridized carbons (Fsp3) is 0.375. The molecule has 1 amide bonds. The first-order valence-corrected chi connectivity index (χ1v) is 7.54. The summed E-state index contributed by atoms with van der Waals surface area (Å²) >= 11 is 6.35. The van der Waals surface area contributed by atoms with Crippen LogP contribution in [0.15, 0.2) is 24.3 Å². The Morgan fingerprint density at radius 2 is 2.05 bits per heavy atom. The minimum Gasteiger partial charge on any atom is -0.467 e. The molecule has 0 unspecified atom stereocenters. The first kappa shape index (κ1) is 14.9. The Morgan fingerprint density at radius 3 is 2.64 bits per heavy atom. The minimum absolute atomic E-state index is 0.157. The van der Waals surface area contributed by atoms with Crippen molar-refractivity contribution in [3.63, 3.8) is 0 Å². The van der Waals surface area contributed by atoms with Gasteiger partial charge in [0.2, 0.25) is 0 Å². The molecule has 22 heavy (non-hydrogen) atoms. The van der Waals surface area contributed by atoms with Crippen molar-refractivity contribution in [1.82, 2.24) is 9.88 Å². The molecule has 6 heteroatoms. The normalized spacial score (nSPS) is 15.6. The lowest BCUT2D eigenvalue weighted by Gasteiger charge is -2.16. The van der Waals surface area contributed by atoms with Gasteiger partial charge in [-0.3, -0.25) is 4.79 Å². The van der Waals surface area contributed by atoms with E-state index in [2.05, 4.69) is 5.32 Å². The number of para-hydroxylation sites is 1. The monoisotopic (exact) mass is 320 g/mol. The van der Waals surface area contributed by atoms with E-state index in [0.717, 1.165) is 23.7 Å². The summed E-state index contributed by atoms with van der Waals surface area (Å²) in [5, 5.41) is 3.99. The van der Waals surface area contributed by atoms with Crippen molar-refractivity contribution in [2.75, 3.05) is 7.11 Å². The number of carbonyl (C=O) groups excluding carboxylic acids is 2. The lowest BCUT2D eigenvalue weighted by molar-refractivity contribution is -0.143. The van der Waals surface area contributed by atoms with E-state index in [9.17, 15) is 9.59 Å². The molecule has 1 fully saturated rings. The van der Waals surface area contributed by atoms with Gasteiger partial charge in [0.25, 0.3) is 5.91 Å². The molecule has 1 aliphatic rings. The molecule has 1 aliphatic carbocycles. The Labute approximate surface area is 133 Å². The van der Waals surface area contributed by atoms with Gasteiger partial charge in [-0.05, 0) is 24.8 Å². The molecule has 0 saturated heterocycles. The van der Waals surface area contributed by atoms with Crippen LogP contribution >= 0.6 is 11.6 Å². The van der Waals surface area contributed by atoms with E-state index in [0.29, 0.717) is 10.7 Å². The minimum atomic E-state index is -0.605. The van der Waals surface area contributed by atoms with Crippen molar-refractivity contribution in [2.45, 2.75) is 18.9 Å². The van der Waals surface area contributed by atoms with Crippen LogP contribution < -0.4 is 5.32 Å². The number of fused-ring (bicyclic) bond motifs is 1. The SMILES string of the molecule is COC(=O)[C@@H](NC(=O)c1c(Cl)c2ccccc2n1C)C1CC1. The molecule has 1 saturated carbocycles. The fourth-order valence-corrected chi connectivity index (χ4v) is 3.11. The van der Waals surface area contributed by atoms with Gasteiger partial charge in [-0.1, -0.05) is 29.8 Å². The maximum absolute atomic E-state index is 12.6. The Bertz CT molecular complexity index is 710. The third-order valence-electron chi connectivity index (χ3n) is 4.10. The molecule has 1 aromatic carbocycles. The second kappa shape index (κ2) is 5.65. The van der Waals surface area contributed by atoms with Crippen LogP contribution in [-0.4, -0.2) is 29.6 Å². The number of hydrogen-bond donors (Lipinski definition) is 1. The molecule has 2 aromatic rings. The molecule has 1 aromatic heterocycles. The zero-order chi connectivity index (χ0) is 15.9. The van der Waals surface area contributed by atoms with Crippen LogP contribution in [0.1, 0.15) is 23.3 Å². The molecule has 1 heterocycles. The summed E-state index contributed by atoms with van der Waals surface area (Å²) in [4.78, 5) is 24.4. The Kier molecular flexibility index (Phi) is 3.83. The smallest absolute Gasteiger partial charge is 0.328 e. The predicted molar refractivity (Wildman–Crippen MR) is 83.9 cm³/mol. The van der Waals surface area contributed by atoms with Crippen LogP contribution in [0, 0.1) is 5.92 Å². The van der Waals surface area contributed by atoms with Crippen LogP contribution in [0.2, 0.25) is 5.02 Å². The van der Waals surface area contributed by atoms with Crippen LogP contribution in [-0.2, 0) is 16.6 Å². The summed E-state index contributed by atoms with van der Waals surface area (Å²) < 4.78 is 6.52. The Hall–Kier alpha value is -2.01. The average molecular weight is 321 g/mol. The number of hydrogen-bond acceptors (Lipinski definition) is 3. The van der Waals surface area contributed by atoms with Gasteiger partial charge in [-0.25, -0.2) is 4.79 Å². The molecular weight excluding hydrogens is 304 g/mol. The molecule has 1 N–H and O–H groups in total. The van der Waals surface area contributed by atoms with E-state index in [1.165, 1.54) is 7.11 Å². The zero-order valence-electron chi connectivity index (χ0n) is 12.4. The largest absolute Gasteiger partial charge is 0.467 e. The number of nitrogens with one attached hydrogen (secondary N) is 1. The van der Waals surface area contributed by atoms with Crippen LogP contribution in [0.5, 0.6) is 0 Å². The molecule has 116 valence electrons. The summed E-state index contributed by atoms with van der Waals surface area (Å²) in [6, 6.07) is 6.93. The van der Waals surface area contributed by atoms with Crippen LogP contribution in [0.25, 0.3) is 10.9 Å². The van der Waals surface area contributed by atoms with Crippen molar-refractivity contribution in [3.05, 3.63) is 35.0 Å². The number of aryl methyl sites for hydroxylation is 1. The van der Waals surface area contributed by atoms with Gasteiger partial charge >= 0.3 is 5.97 Å². The molecule has 1 atom stereocenters. The standard InChI is InChI=1S/C16H17ClN2O3/c1-19-11-6-4-3-5-10(11)12(17)14(19)15(20)18-13(9-7-8-9)16(21)22-2/h3-6,9,13H,7-8H2,1-2H3,(H,18,20)/t13-/m0/s1. The maximum Gasteiger partial charge on any atom is 0.328 e. The van der Waals surface area contributed by atoms with E-state index in [1.807, 2.05) is 24.3 Å². The predicted octanol–water partition coefficient (Wildman–Crippen LogP) is 2.51. The van der Waals surface area contributed by atoms with Gasteiger partial charge in [-0.15, -0.1) is 0 Å². The van der Waals surface area contributed by atoms with Crippen molar-refractivity contribution in [1.29, 1.82) is 0 Å². The molecule has 5 nitrogen and oxygen atoms in total. The van der Waals surface area contributed by atoms with E-state index < -0.39 is 12.0 Å². The molecule has 0 radical (unpaired) electrons. The van der Waals surface area contributed by atoms with Crippen molar-refractivity contribution in [2.24, 2.45) is 13.0 Å². The van der Waals surface area contributed by atoms with Crippen molar-refractivity contribution < 1.29 is 14.3 Å². The third-order valence-corrected chi connectivity index (χ3v) is 4.48. The zero-order valence-corrected chi connectivity index (χ0v) is 13.2. The first-order valence-electron chi connectivity index (χ1n) is 7.16. The Balaban J connectivity index is 1.93. The summed E-state index contributed by atoms with van der Waals surface area (Å²) in [5.41, 5.74) is 1.23. The third kappa shape index (κ3) is 2.46. The quantitative estimate of drug-likeness (QED) is 0.881. The second-order valence-electron chi connectivity index (χ2n) is 5.55. The number of methoxy groups -OCH3 is 1. The number of amides is 1. The van der Waals surface area contributed by atoms with E-state index in [-0.39, 0.29) is 11.8 Å². The summed E-state index contributed by atoms with van der Waals surface area (Å²) in [6.45, 7) is 0. The van der Waals surface area contributed by atoms with E-state index >= 15 is 0 Å². The number of benzene rings is 1. The highest BCUT2D eigenvalue weighted by Crippen LogP contribution is 2.34. The highest BCUT2D eigenvalue weighted by Gasteiger charge is 2.38. The average Bonchev–Trinajstić information content (AvgIpc) is 3.33. The van der Waals surface area contributed by atoms with E-state index in [1.54, 1.807) is 11.6 Å². The molecule has 0 aliphatic heterocycles. The lowest BCUT2D eigenvalue weighted by atomic mass is 10.2. The number of carbonyl (C=O) groups is 2. The van der Waals surface area contributed by atoms with E-state index in [4.69, 9.17) is 16.3 Å². The number of rotatable bonds is 4. The van der Waals surface area contributed by atoms with Gasteiger partial charge in [0, 0.05) is 18.0 Å².